The van der Waals surface area contributed by atoms with Crippen LogP contribution in [0, 0.1) is 27.7 Å². The summed E-state index contributed by atoms with van der Waals surface area (Å²) < 4.78 is 0. The monoisotopic (exact) mass is 700 g/mol. The van der Waals surface area contributed by atoms with Crippen molar-refractivity contribution in [3.05, 3.63) is 167 Å². The van der Waals surface area contributed by atoms with Gasteiger partial charge in [0.05, 0.1) is 0 Å². The minimum Gasteiger partial charge on any atom is -0.0616 e. The Kier molecular flexibility index (Phi) is 8.65. The van der Waals surface area contributed by atoms with Gasteiger partial charge in [0.25, 0.3) is 0 Å². The molecule has 0 aromatic heterocycles. The average molecular weight is 701 g/mol. The first-order valence-corrected chi connectivity index (χ1v) is 19.5. The summed E-state index contributed by atoms with van der Waals surface area (Å²) >= 11 is 0. The summed E-state index contributed by atoms with van der Waals surface area (Å²) in [6, 6.07) is 50.6. The van der Waals surface area contributed by atoms with Crippen LogP contribution in [-0.4, -0.2) is 0 Å². The third-order valence-electron chi connectivity index (χ3n) is 11.7. The SMILES string of the molecule is Cc1cc(C(C)(C)C)cc(C)c1-c1ccc(-c2ccc(-c3ccc(-c4c(C)cc(C(C)(C)C)cc4C)c4ccccc34)c3ccccc23)c2ccccc12. The lowest BCUT2D eigenvalue weighted by molar-refractivity contribution is 0.589. The molecule has 0 spiro atoms. The number of aryl methyl sites for hydroxylation is 4. The van der Waals surface area contributed by atoms with E-state index in [9.17, 15) is 0 Å². The Morgan fingerprint density at radius 1 is 0.278 bits per heavy atom. The summed E-state index contributed by atoms with van der Waals surface area (Å²) in [6.45, 7) is 22.9. The van der Waals surface area contributed by atoms with Crippen LogP contribution in [0.3, 0.4) is 0 Å². The highest BCUT2D eigenvalue weighted by atomic mass is 14.3. The maximum atomic E-state index is 2.39. The number of fused-ring (bicyclic) bond motifs is 3. The lowest BCUT2D eigenvalue weighted by atomic mass is 9.81. The highest BCUT2D eigenvalue weighted by molar-refractivity contribution is 6.15. The fourth-order valence-corrected chi connectivity index (χ4v) is 8.92. The Labute approximate surface area is 322 Å². The van der Waals surface area contributed by atoms with E-state index < -0.39 is 0 Å². The molecule has 0 heteroatoms. The highest BCUT2D eigenvalue weighted by Crippen LogP contribution is 2.45. The lowest BCUT2D eigenvalue weighted by Crippen LogP contribution is -2.12. The summed E-state index contributed by atoms with van der Waals surface area (Å²) in [5.74, 6) is 0. The molecule has 0 amide bonds. The van der Waals surface area contributed by atoms with E-state index in [4.69, 9.17) is 0 Å². The Hall–Kier alpha value is -5.46. The molecule has 0 heterocycles. The second-order valence-electron chi connectivity index (χ2n) is 17.6. The molecule has 0 radical (unpaired) electrons. The maximum absolute atomic E-state index is 2.39. The summed E-state index contributed by atoms with van der Waals surface area (Å²) in [5, 5.41) is 7.69. The zero-order valence-electron chi connectivity index (χ0n) is 33.7. The van der Waals surface area contributed by atoms with Crippen molar-refractivity contribution < 1.29 is 0 Å². The van der Waals surface area contributed by atoms with Gasteiger partial charge in [-0.2, -0.15) is 0 Å². The maximum Gasteiger partial charge on any atom is -0.00987 e. The lowest BCUT2D eigenvalue weighted by Gasteiger charge is -2.23. The molecule has 0 bridgehead atoms. The molecule has 54 heavy (non-hydrogen) atoms. The van der Waals surface area contributed by atoms with E-state index in [1.54, 1.807) is 0 Å². The predicted molar refractivity (Wildman–Crippen MR) is 237 cm³/mol. The second-order valence-corrected chi connectivity index (χ2v) is 17.6. The molecule has 0 aliphatic heterocycles. The van der Waals surface area contributed by atoms with Gasteiger partial charge in [-0.05, 0) is 149 Å². The van der Waals surface area contributed by atoms with Crippen molar-refractivity contribution in [2.45, 2.75) is 80.1 Å². The van der Waals surface area contributed by atoms with Crippen molar-refractivity contribution in [1.29, 1.82) is 0 Å². The van der Waals surface area contributed by atoms with E-state index in [0.717, 1.165) is 0 Å². The molecule has 0 N–H and O–H groups in total. The van der Waals surface area contributed by atoms with Crippen molar-refractivity contribution in [1.82, 2.24) is 0 Å². The first-order chi connectivity index (χ1) is 25.7. The molecule has 0 unspecified atom stereocenters. The van der Waals surface area contributed by atoms with E-state index in [-0.39, 0.29) is 10.8 Å². The molecule has 0 aliphatic carbocycles. The van der Waals surface area contributed by atoms with Gasteiger partial charge in [-0.1, -0.05) is 175 Å². The summed E-state index contributed by atoms with van der Waals surface area (Å²) in [5.41, 5.74) is 18.7. The Bertz CT molecular complexity index is 2520. The van der Waals surface area contributed by atoms with Crippen LogP contribution in [-0.2, 0) is 10.8 Å². The zero-order chi connectivity index (χ0) is 38.1. The van der Waals surface area contributed by atoms with Crippen molar-refractivity contribution in [2.75, 3.05) is 0 Å². The smallest absolute Gasteiger partial charge is 0.00987 e. The second kappa shape index (κ2) is 13.1. The van der Waals surface area contributed by atoms with E-state index in [2.05, 4.69) is 203 Å². The first-order valence-electron chi connectivity index (χ1n) is 19.5. The fraction of sp³-hybridized carbons (Fsp3) is 0.222. The summed E-state index contributed by atoms with van der Waals surface area (Å²) in [4.78, 5) is 0. The van der Waals surface area contributed by atoms with Crippen molar-refractivity contribution in [2.24, 2.45) is 0 Å². The molecule has 8 aromatic rings. The standard InChI is InChI=1S/C54H52/c1-33-29-37(53(5,6)7)30-34(2)51(33)49-27-25-47(41-19-13-15-21-43(41)49)45-23-24-46(40-18-12-11-17-39(40)45)48-26-28-50(44-22-16-14-20-42(44)48)52-35(3)31-38(32-36(52)4)54(8,9)10/h11-32H,1-10H3. The van der Waals surface area contributed by atoms with Gasteiger partial charge in [0.2, 0.25) is 0 Å². The molecular weight excluding hydrogens is 649 g/mol. The van der Waals surface area contributed by atoms with Crippen LogP contribution in [0.1, 0.15) is 74.9 Å². The van der Waals surface area contributed by atoms with Crippen molar-refractivity contribution in [3.8, 4) is 44.5 Å². The topological polar surface area (TPSA) is 0 Å². The third-order valence-corrected chi connectivity index (χ3v) is 11.7. The largest absolute Gasteiger partial charge is 0.0616 e. The highest BCUT2D eigenvalue weighted by Gasteiger charge is 2.22. The van der Waals surface area contributed by atoms with Crippen molar-refractivity contribution >= 4 is 32.3 Å². The minimum atomic E-state index is 0.109. The van der Waals surface area contributed by atoms with Crippen LogP contribution < -0.4 is 0 Å². The minimum absolute atomic E-state index is 0.109. The van der Waals surface area contributed by atoms with Crippen LogP contribution in [0.4, 0.5) is 0 Å². The van der Waals surface area contributed by atoms with Gasteiger partial charge in [-0.15, -0.1) is 0 Å². The van der Waals surface area contributed by atoms with E-state index in [1.807, 2.05) is 0 Å². The summed E-state index contributed by atoms with van der Waals surface area (Å²) in [7, 11) is 0. The van der Waals surface area contributed by atoms with Gasteiger partial charge in [-0.25, -0.2) is 0 Å². The molecule has 8 rings (SSSR count). The molecule has 0 fully saturated rings. The van der Waals surface area contributed by atoms with Gasteiger partial charge < -0.3 is 0 Å². The molecule has 0 aliphatic rings. The Morgan fingerprint density at radius 3 is 0.704 bits per heavy atom. The average Bonchev–Trinajstić information content (AvgIpc) is 3.13. The van der Waals surface area contributed by atoms with E-state index in [1.165, 1.54) is 110 Å². The molecule has 0 saturated carbocycles. The molecule has 0 saturated heterocycles. The predicted octanol–water partition coefficient (Wildman–Crippen LogP) is 15.6. The Balaban J connectivity index is 1.29. The quantitative estimate of drug-likeness (QED) is 0.171. The van der Waals surface area contributed by atoms with E-state index in [0.29, 0.717) is 0 Å². The van der Waals surface area contributed by atoms with Gasteiger partial charge in [0.15, 0.2) is 0 Å². The van der Waals surface area contributed by atoms with Gasteiger partial charge in [0.1, 0.15) is 0 Å². The molecular formula is C54H52. The number of benzene rings is 8. The molecule has 0 nitrogen and oxygen atoms in total. The van der Waals surface area contributed by atoms with Gasteiger partial charge in [-0.3, -0.25) is 0 Å². The van der Waals surface area contributed by atoms with Gasteiger partial charge >= 0.3 is 0 Å². The van der Waals surface area contributed by atoms with Crippen LogP contribution in [0.2, 0.25) is 0 Å². The van der Waals surface area contributed by atoms with Crippen LogP contribution >= 0.6 is 0 Å². The number of hydrogen-bond donors (Lipinski definition) is 0. The van der Waals surface area contributed by atoms with Crippen LogP contribution in [0.15, 0.2) is 133 Å². The third kappa shape index (κ3) is 6.03. The summed E-state index contributed by atoms with van der Waals surface area (Å²) in [6.07, 6.45) is 0. The molecule has 0 atom stereocenters. The van der Waals surface area contributed by atoms with Gasteiger partial charge in [0, 0.05) is 0 Å². The first kappa shape index (κ1) is 35.6. The number of hydrogen-bond acceptors (Lipinski definition) is 0. The Morgan fingerprint density at radius 2 is 0.481 bits per heavy atom. The molecule has 268 valence electrons. The van der Waals surface area contributed by atoms with E-state index >= 15 is 0 Å². The zero-order valence-corrected chi connectivity index (χ0v) is 33.7. The van der Waals surface area contributed by atoms with Crippen LogP contribution in [0.5, 0.6) is 0 Å². The number of rotatable bonds is 4. The normalized spacial score (nSPS) is 12.3. The molecule has 8 aromatic carbocycles. The van der Waals surface area contributed by atoms with Crippen LogP contribution in [0.25, 0.3) is 76.8 Å². The fourth-order valence-electron chi connectivity index (χ4n) is 8.92. The van der Waals surface area contributed by atoms with Crippen molar-refractivity contribution in [3.63, 3.8) is 0 Å².